The van der Waals surface area contributed by atoms with E-state index in [1.54, 1.807) is 0 Å². The van der Waals surface area contributed by atoms with E-state index in [1.165, 1.54) is 0 Å². The van der Waals surface area contributed by atoms with Gasteiger partial charge in [-0.25, -0.2) is 8.78 Å². The Balaban J connectivity index is 2.09. The topological polar surface area (TPSA) is 32.3 Å². The number of nitrogens with zero attached hydrogens (tertiary/aromatic N) is 1. The minimum Gasteiger partial charge on any atom is -0.348 e. The zero-order valence-corrected chi connectivity index (χ0v) is 14.0. The Bertz CT molecular complexity index is 700. The van der Waals surface area contributed by atoms with E-state index in [-0.39, 0.29) is 12.1 Å². The average molecular weight is 332 g/mol. The molecule has 0 saturated carbocycles. The van der Waals surface area contributed by atoms with Crippen LogP contribution in [0.15, 0.2) is 42.5 Å². The van der Waals surface area contributed by atoms with Gasteiger partial charge in [-0.3, -0.25) is 9.69 Å². The van der Waals surface area contributed by atoms with Crippen molar-refractivity contribution in [2.24, 2.45) is 0 Å². The van der Waals surface area contributed by atoms with Crippen LogP contribution in [0.1, 0.15) is 35.3 Å². The van der Waals surface area contributed by atoms with Crippen LogP contribution < -0.4 is 5.32 Å². The second-order valence-corrected chi connectivity index (χ2v) is 5.54. The van der Waals surface area contributed by atoms with E-state index in [1.807, 2.05) is 24.3 Å². The maximum atomic E-state index is 13.7. The second-order valence-electron chi connectivity index (χ2n) is 5.54. The molecule has 128 valence electrons. The molecule has 0 atom stereocenters. The molecule has 0 aliphatic rings. The summed E-state index contributed by atoms with van der Waals surface area (Å²) in [7, 11) is 0. The number of benzene rings is 2. The summed E-state index contributed by atoms with van der Waals surface area (Å²) in [6.07, 6.45) is 0. The number of carbonyl (C=O) groups excluding carboxylic acids is 1. The third kappa shape index (κ3) is 4.61. The van der Waals surface area contributed by atoms with Crippen molar-refractivity contribution in [3.63, 3.8) is 0 Å². The molecule has 0 heterocycles. The predicted molar refractivity (Wildman–Crippen MR) is 90.6 cm³/mol. The molecule has 0 unspecified atom stereocenters. The summed E-state index contributed by atoms with van der Waals surface area (Å²) in [6, 6.07) is 10.7. The highest BCUT2D eigenvalue weighted by atomic mass is 19.1. The molecule has 0 bridgehead atoms. The van der Waals surface area contributed by atoms with Gasteiger partial charge in [-0.15, -0.1) is 0 Å². The molecule has 2 aromatic carbocycles. The van der Waals surface area contributed by atoms with E-state index in [0.29, 0.717) is 0 Å². The molecule has 1 N–H and O–H groups in total. The first-order chi connectivity index (χ1) is 11.5. The van der Waals surface area contributed by atoms with Crippen molar-refractivity contribution < 1.29 is 13.6 Å². The van der Waals surface area contributed by atoms with Gasteiger partial charge in [0.2, 0.25) is 0 Å². The Kier molecular flexibility index (Phi) is 6.44. The van der Waals surface area contributed by atoms with Crippen molar-refractivity contribution in [3.8, 4) is 0 Å². The number of rotatable bonds is 7. The minimum atomic E-state index is -0.731. The lowest BCUT2D eigenvalue weighted by molar-refractivity contribution is 0.0946. The average Bonchev–Trinajstić information content (AvgIpc) is 2.60. The Morgan fingerprint density at radius 1 is 1.04 bits per heavy atom. The van der Waals surface area contributed by atoms with Gasteiger partial charge in [-0.1, -0.05) is 38.1 Å². The van der Waals surface area contributed by atoms with Crippen LogP contribution in [0.25, 0.3) is 0 Å². The first-order valence-corrected chi connectivity index (χ1v) is 8.07. The first kappa shape index (κ1) is 18.1. The Labute approximate surface area is 141 Å². The van der Waals surface area contributed by atoms with Gasteiger partial charge in [-0.2, -0.15) is 0 Å². The monoisotopic (exact) mass is 332 g/mol. The molecule has 24 heavy (non-hydrogen) atoms. The quantitative estimate of drug-likeness (QED) is 0.838. The molecule has 0 aliphatic heterocycles. The number of hydrogen-bond donors (Lipinski definition) is 1. The molecule has 2 rings (SSSR count). The summed E-state index contributed by atoms with van der Waals surface area (Å²) in [4.78, 5) is 14.4. The largest absolute Gasteiger partial charge is 0.348 e. The molecule has 0 aliphatic carbocycles. The molecular weight excluding hydrogens is 310 g/mol. The predicted octanol–water partition coefficient (Wildman–Crippen LogP) is 3.74. The fourth-order valence-corrected chi connectivity index (χ4v) is 2.51. The SMILES string of the molecule is CCN(CC)Cc1ccccc1CNC(=O)c1cc(F)ccc1F. The lowest BCUT2D eigenvalue weighted by Gasteiger charge is -2.20. The lowest BCUT2D eigenvalue weighted by atomic mass is 10.1. The number of hydrogen-bond acceptors (Lipinski definition) is 2. The first-order valence-electron chi connectivity index (χ1n) is 8.07. The summed E-state index contributed by atoms with van der Waals surface area (Å²) in [6.45, 7) is 7.12. The van der Waals surface area contributed by atoms with Crippen molar-refractivity contribution in [3.05, 3.63) is 70.8 Å². The van der Waals surface area contributed by atoms with Crippen molar-refractivity contribution in [2.75, 3.05) is 13.1 Å². The summed E-state index contributed by atoms with van der Waals surface area (Å²) < 4.78 is 26.9. The van der Waals surface area contributed by atoms with Crippen LogP contribution in [0.4, 0.5) is 8.78 Å². The van der Waals surface area contributed by atoms with Crippen molar-refractivity contribution >= 4 is 5.91 Å². The zero-order chi connectivity index (χ0) is 17.5. The summed E-state index contributed by atoms with van der Waals surface area (Å²) in [5.74, 6) is -1.99. The number of carbonyl (C=O) groups is 1. The highest BCUT2D eigenvalue weighted by Gasteiger charge is 2.13. The number of nitrogens with one attached hydrogen (secondary N) is 1. The molecule has 0 spiro atoms. The van der Waals surface area contributed by atoms with Gasteiger partial charge in [0.1, 0.15) is 11.6 Å². The Morgan fingerprint density at radius 2 is 1.71 bits per heavy atom. The van der Waals surface area contributed by atoms with Crippen molar-refractivity contribution in [1.82, 2.24) is 10.2 Å². The van der Waals surface area contributed by atoms with Crippen molar-refractivity contribution in [2.45, 2.75) is 26.9 Å². The van der Waals surface area contributed by atoms with Gasteiger partial charge in [-0.05, 0) is 42.4 Å². The highest BCUT2D eigenvalue weighted by molar-refractivity contribution is 5.94. The maximum Gasteiger partial charge on any atom is 0.254 e. The molecule has 0 fully saturated rings. The smallest absolute Gasteiger partial charge is 0.254 e. The van der Waals surface area contributed by atoms with Crippen LogP contribution >= 0.6 is 0 Å². The number of halogens is 2. The molecule has 0 saturated heterocycles. The molecule has 3 nitrogen and oxygen atoms in total. The molecule has 0 aromatic heterocycles. The van der Waals surface area contributed by atoms with Gasteiger partial charge in [0.25, 0.3) is 5.91 Å². The summed E-state index contributed by atoms with van der Waals surface area (Å²) >= 11 is 0. The van der Waals surface area contributed by atoms with E-state index >= 15 is 0 Å². The van der Waals surface area contributed by atoms with E-state index < -0.39 is 17.5 Å². The maximum absolute atomic E-state index is 13.7. The Morgan fingerprint density at radius 3 is 2.38 bits per heavy atom. The number of amides is 1. The van der Waals surface area contributed by atoms with Crippen LogP contribution in [0.3, 0.4) is 0 Å². The highest BCUT2D eigenvalue weighted by Crippen LogP contribution is 2.13. The summed E-state index contributed by atoms with van der Waals surface area (Å²) in [5, 5.41) is 2.67. The summed E-state index contributed by atoms with van der Waals surface area (Å²) in [5.41, 5.74) is 1.80. The molecule has 0 radical (unpaired) electrons. The van der Waals surface area contributed by atoms with Crippen LogP contribution in [0.5, 0.6) is 0 Å². The van der Waals surface area contributed by atoms with E-state index in [0.717, 1.165) is 49.0 Å². The van der Waals surface area contributed by atoms with Crippen LogP contribution in [0, 0.1) is 11.6 Å². The van der Waals surface area contributed by atoms with E-state index in [4.69, 9.17) is 0 Å². The minimum absolute atomic E-state index is 0.270. The molecule has 1 amide bonds. The van der Waals surface area contributed by atoms with E-state index in [9.17, 15) is 13.6 Å². The van der Waals surface area contributed by atoms with Gasteiger partial charge in [0.15, 0.2) is 0 Å². The third-order valence-corrected chi connectivity index (χ3v) is 4.02. The molecular formula is C19H22F2N2O. The van der Waals surface area contributed by atoms with E-state index in [2.05, 4.69) is 24.1 Å². The second kappa shape index (κ2) is 8.55. The van der Waals surface area contributed by atoms with Crippen molar-refractivity contribution in [1.29, 1.82) is 0 Å². The van der Waals surface area contributed by atoms with Gasteiger partial charge in [0, 0.05) is 13.1 Å². The van der Waals surface area contributed by atoms with Gasteiger partial charge >= 0.3 is 0 Å². The van der Waals surface area contributed by atoms with Crippen LogP contribution in [0.2, 0.25) is 0 Å². The van der Waals surface area contributed by atoms with Gasteiger partial charge in [0.05, 0.1) is 5.56 Å². The lowest BCUT2D eigenvalue weighted by Crippen LogP contribution is -2.26. The standard InChI is InChI=1S/C19H22F2N2O/c1-3-23(4-2)13-15-8-6-5-7-14(15)12-22-19(24)17-11-16(20)9-10-18(17)21/h5-11H,3-4,12-13H2,1-2H3,(H,22,24). The fourth-order valence-electron chi connectivity index (χ4n) is 2.51. The third-order valence-electron chi connectivity index (χ3n) is 4.02. The molecule has 5 heteroatoms. The van der Waals surface area contributed by atoms with Crippen LogP contribution in [-0.4, -0.2) is 23.9 Å². The van der Waals surface area contributed by atoms with Gasteiger partial charge < -0.3 is 5.32 Å². The Hall–Kier alpha value is -2.27. The zero-order valence-electron chi connectivity index (χ0n) is 14.0. The fraction of sp³-hybridized carbons (Fsp3) is 0.316. The molecule has 2 aromatic rings. The van der Waals surface area contributed by atoms with Crippen LogP contribution in [-0.2, 0) is 13.1 Å². The normalized spacial score (nSPS) is 10.9.